The Hall–Kier alpha value is -1.28. The van der Waals surface area contributed by atoms with Crippen LogP contribution < -0.4 is 0 Å². The van der Waals surface area contributed by atoms with Crippen LogP contribution in [0.25, 0.3) is 0 Å². The fourth-order valence-corrected chi connectivity index (χ4v) is 2.01. The zero-order valence-electron chi connectivity index (χ0n) is 11.3. The molecule has 1 N–H and O–H groups in total. The SMILES string of the molecule is CC(C)(C)OC(=O)N1CC[C@H](CC#N)[C@H](O)CC1. The summed E-state index contributed by atoms with van der Waals surface area (Å²) >= 11 is 0. The molecule has 0 spiro atoms. The molecule has 0 bridgehead atoms. The molecule has 0 unspecified atom stereocenters. The zero-order valence-corrected chi connectivity index (χ0v) is 11.3. The molecule has 0 radical (unpaired) electrons. The summed E-state index contributed by atoms with van der Waals surface area (Å²) in [7, 11) is 0. The number of carbonyl (C=O) groups excluding carboxylic acids is 1. The van der Waals surface area contributed by atoms with Gasteiger partial charge in [0, 0.05) is 19.5 Å². The first-order chi connectivity index (χ1) is 8.33. The number of nitrogens with zero attached hydrogens (tertiary/aromatic N) is 2. The fourth-order valence-electron chi connectivity index (χ4n) is 2.01. The summed E-state index contributed by atoms with van der Waals surface area (Å²) in [4.78, 5) is 13.5. The third kappa shape index (κ3) is 4.53. The molecule has 5 nitrogen and oxygen atoms in total. The van der Waals surface area contributed by atoms with Gasteiger partial charge >= 0.3 is 6.09 Å². The first-order valence-electron chi connectivity index (χ1n) is 6.36. The van der Waals surface area contributed by atoms with Crippen LogP contribution in [0.15, 0.2) is 0 Å². The first kappa shape index (κ1) is 14.8. The minimum Gasteiger partial charge on any atom is -0.444 e. The molecule has 2 atom stereocenters. The Morgan fingerprint density at radius 2 is 2.06 bits per heavy atom. The summed E-state index contributed by atoms with van der Waals surface area (Å²) in [6, 6.07) is 2.08. The number of ether oxygens (including phenoxy) is 1. The van der Waals surface area contributed by atoms with Crippen molar-refractivity contribution < 1.29 is 14.6 Å². The maximum Gasteiger partial charge on any atom is 0.410 e. The van der Waals surface area contributed by atoms with Crippen molar-refractivity contribution in [3.05, 3.63) is 0 Å². The molecule has 18 heavy (non-hydrogen) atoms. The first-order valence-corrected chi connectivity index (χ1v) is 6.36. The number of rotatable bonds is 1. The van der Waals surface area contributed by atoms with Crippen LogP contribution in [0.5, 0.6) is 0 Å². The molecule has 102 valence electrons. The summed E-state index contributed by atoms with van der Waals surface area (Å²) in [5.74, 6) is -0.0394. The maximum atomic E-state index is 11.9. The van der Waals surface area contributed by atoms with Crippen molar-refractivity contribution in [3.8, 4) is 6.07 Å². The summed E-state index contributed by atoms with van der Waals surface area (Å²) in [5, 5.41) is 18.6. The molecule has 0 saturated carbocycles. The van der Waals surface area contributed by atoms with E-state index in [0.717, 1.165) is 0 Å². The van der Waals surface area contributed by atoms with E-state index in [9.17, 15) is 9.90 Å². The molecule has 1 saturated heterocycles. The van der Waals surface area contributed by atoms with Gasteiger partial charge in [0.1, 0.15) is 5.60 Å². The van der Waals surface area contributed by atoms with Gasteiger partial charge < -0.3 is 14.7 Å². The molecule has 1 heterocycles. The van der Waals surface area contributed by atoms with Gasteiger partial charge in [0.15, 0.2) is 0 Å². The Morgan fingerprint density at radius 1 is 1.44 bits per heavy atom. The van der Waals surface area contributed by atoms with E-state index in [1.54, 1.807) is 4.90 Å². The monoisotopic (exact) mass is 254 g/mol. The van der Waals surface area contributed by atoms with Crippen LogP contribution in [0, 0.1) is 17.2 Å². The van der Waals surface area contributed by atoms with E-state index in [-0.39, 0.29) is 12.0 Å². The van der Waals surface area contributed by atoms with Gasteiger partial charge in [-0.1, -0.05) is 0 Å². The summed E-state index contributed by atoms with van der Waals surface area (Å²) < 4.78 is 5.30. The minimum absolute atomic E-state index is 0.0394. The van der Waals surface area contributed by atoms with Crippen molar-refractivity contribution in [2.75, 3.05) is 13.1 Å². The smallest absolute Gasteiger partial charge is 0.410 e. The molecule has 0 aromatic rings. The molecule has 1 aliphatic rings. The van der Waals surface area contributed by atoms with Gasteiger partial charge in [-0.15, -0.1) is 0 Å². The number of hydrogen-bond acceptors (Lipinski definition) is 4. The number of carbonyl (C=O) groups is 1. The molecular formula is C13H22N2O3. The lowest BCUT2D eigenvalue weighted by Crippen LogP contribution is -2.37. The largest absolute Gasteiger partial charge is 0.444 e. The fraction of sp³-hybridized carbons (Fsp3) is 0.846. The van der Waals surface area contributed by atoms with Crippen LogP contribution in [-0.2, 0) is 4.74 Å². The molecule has 0 aromatic heterocycles. The standard InChI is InChI=1S/C13H22N2O3/c1-13(2,3)18-12(17)15-8-5-10(4-7-14)11(16)6-9-15/h10-11,16H,4-6,8-9H2,1-3H3/t10-,11+/m0/s1. The molecule has 5 heteroatoms. The number of nitriles is 1. The van der Waals surface area contributed by atoms with E-state index in [0.29, 0.717) is 32.4 Å². The Labute approximate surface area is 108 Å². The van der Waals surface area contributed by atoms with Gasteiger partial charge in [0.05, 0.1) is 12.2 Å². The van der Waals surface area contributed by atoms with E-state index in [1.807, 2.05) is 20.8 Å². The third-order valence-corrected chi connectivity index (χ3v) is 3.01. The number of aliphatic hydroxyl groups excluding tert-OH is 1. The van der Waals surface area contributed by atoms with E-state index in [2.05, 4.69) is 6.07 Å². The van der Waals surface area contributed by atoms with Crippen molar-refractivity contribution in [3.63, 3.8) is 0 Å². The Kier molecular flexibility index (Phi) is 4.97. The number of aliphatic hydroxyl groups is 1. The number of likely N-dealkylation sites (tertiary alicyclic amines) is 1. The molecule has 0 aliphatic carbocycles. The van der Waals surface area contributed by atoms with Crippen molar-refractivity contribution in [2.24, 2.45) is 5.92 Å². The maximum absolute atomic E-state index is 11.9. The van der Waals surface area contributed by atoms with Crippen LogP contribution in [-0.4, -0.2) is 40.9 Å². The molecular weight excluding hydrogens is 232 g/mol. The number of amides is 1. The van der Waals surface area contributed by atoms with Crippen molar-refractivity contribution in [1.29, 1.82) is 5.26 Å². The highest BCUT2D eigenvalue weighted by Crippen LogP contribution is 2.22. The molecule has 1 amide bonds. The Morgan fingerprint density at radius 3 is 2.61 bits per heavy atom. The van der Waals surface area contributed by atoms with Crippen LogP contribution >= 0.6 is 0 Å². The van der Waals surface area contributed by atoms with Crippen LogP contribution in [0.3, 0.4) is 0 Å². The highest BCUT2D eigenvalue weighted by atomic mass is 16.6. The highest BCUT2D eigenvalue weighted by Gasteiger charge is 2.29. The predicted molar refractivity (Wildman–Crippen MR) is 66.8 cm³/mol. The van der Waals surface area contributed by atoms with Crippen LogP contribution in [0.2, 0.25) is 0 Å². The van der Waals surface area contributed by atoms with Crippen molar-refractivity contribution in [1.82, 2.24) is 4.90 Å². The quantitative estimate of drug-likeness (QED) is 0.775. The average Bonchev–Trinajstić information content (AvgIpc) is 2.40. The average molecular weight is 254 g/mol. The second-order valence-electron chi connectivity index (χ2n) is 5.73. The van der Waals surface area contributed by atoms with Gasteiger partial charge in [0.2, 0.25) is 0 Å². The Balaban J connectivity index is 2.56. The van der Waals surface area contributed by atoms with Gasteiger partial charge in [-0.2, -0.15) is 5.26 Å². The predicted octanol–water partition coefficient (Wildman–Crippen LogP) is 1.91. The lowest BCUT2D eigenvalue weighted by Gasteiger charge is -2.26. The summed E-state index contributed by atoms with van der Waals surface area (Å²) in [6.07, 6.45) is 0.646. The second kappa shape index (κ2) is 6.05. The van der Waals surface area contributed by atoms with Gasteiger partial charge in [-0.05, 0) is 39.5 Å². The lowest BCUT2D eigenvalue weighted by atomic mass is 9.95. The van der Waals surface area contributed by atoms with Gasteiger partial charge in [0.25, 0.3) is 0 Å². The van der Waals surface area contributed by atoms with E-state index < -0.39 is 11.7 Å². The normalized spacial score (nSPS) is 25.2. The minimum atomic E-state index is -0.506. The molecule has 0 aromatic carbocycles. The van der Waals surface area contributed by atoms with E-state index >= 15 is 0 Å². The van der Waals surface area contributed by atoms with Gasteiger partial charge in [-0.3, -0.25) is 0 Å². The molecule has 1 rings (SSSR count). The van der Waals surface area contributed by atoms with Gasteiger partial charge in [-0.25, -0.2) is 4.79 Å². The third-order valence-electron chi connectivity index (χ3n) is 3.01. The summed E-state index contributed by atoms with van der Waals surface area (Å²) in [5.41, 5.74) is -0.506. The second-order valence-corrected chi connectivity index (χ2v) is 5.73. The van der Waals surface area contributed by atoms with Crippen LogP contribution in [0.4, 0.5) is 4.79 Å². The number of hydrogen-bond donors (Lipinski definition) is 1. The van der Waals surface area contributed by atoms with Crippen LogP contribution in [0.1, 0.15) is 40.0 Å². The Bertz CT molecular complexity index is 330. The zero-order chi connectivity index (χ0) is 13.8. The van der Waals surface area contributed by atoms with Crippen molar-refractivity contribution >= 4 is 6.09 Å². The lowest BCUT2D eigenvalue weighted by molar-refractivity contribution is 0.0251. The summed E-state index contributed by atoms with van der Waals surface area (Å²) in [6.45, 7) is 6.51. The highest BCUT2D eigenvalue weighted by molar-refractivity contribution is 5.68. The van der Waals surface area contributed by atoms with Crippen molar-refractivity contribution in [2.45, 2.75) is 51.7 Å². The molecule has 1 fully saturated rings. The van der Waals surface area contributed by atoms with E-state index in [4.69, 9.17) is 10.00 Å². The topological polar surface area (TPSA) is 73.6 Å². The molecule has 1 aliphatic heterocycles. The van der Waals surface area contributed by atoms with E-state index in [1.165, 1.54) is 0 Å².